The molecule has 0 aromatic heterocycles. The molecule has 2 N–H and O–H groups in total. The van der Waals surface area contributed by atoms with Crippen LogP contribution in [0.4, 0.5) is 4.39 Å². The van der Waals surface area contributed by atoms with Crippen LogP contribution in [0.5, 0.6) is 5.75 Å². The van der Waals surface area contributed by atoms with Crippen molar-refractivity contribution in [3.05, 3.63) is 29.6 Å². The fourth-order valence-electron chi connectivity index (χ4n) is 1.46. The highest BCUT2D eigenvalue weighted by Gasteiger charge is 2.09. The molecule has 0 aliphatic heterocycles. The Labute approximate surface area is 102 Å². The van der Waals surface area contributed by atoms with E-state index in [4.69, 9.17) is 15.2 Å². The van der Waals surface area contributed by atoms with Crippen LogP contribution in [0.15, 0.2) is 18.2 Å². The van der Waals surface area contributed by atoms with Gasteiger partial charge in [-0.25, -0.2) is 4.39 Å². The Balaban J connectivity index is 2.52. The number of halogens is 1. The van der Waals surface area contributed by atoms with Crippen LogP contribution >= 0.6 is 0 Å². The fourth-order valence-corrected chi connectivity index (χ4v) is 1.46. The lowest BCUT2D eigenvalue weighted by Crippen LogP contribution is -2.12. The summed E-state index contributed by atoms with van der Waals surface area (Å²) in [7, 11) is 0. The van der Waals surface area contributed by atoms with Crippen LogP contribution in [0.2, 0.25) is 0 Å². The zero-order valence-electron chi connectivity index (χ0n) is 10.4. The highest BCUT2D eigenvalue weighted by molar-refractivity contribution is 5.36. The monoisotopic (exact) mass is 241 g/mol. The average molecular weight is 241 g/mol. The Morgan fingerprint density at radius 1 is 1.29 bits per heavy atom. The van der Waals surface area contributed by atoms with Crippen molar-refractivity contribution in [3.8, 4) is 5.75 Å². The molecule has 0 aliphatic rings. The number of benzene rings is 1. The topological polar surface area (TPSA) is 44.5 Å². The van der Waals surface area contributed by atoms with E-state index in [-0.39, 0.29) is 11.9 Å². The minimum Gasteiger partial charge on any atom is -0.491 e. The Bertz CT molecular complexity index is 342. The molecule has 1 unspecified atom stereocenters. The zero-order chi connectivity index (χ0) is 12.7. The van der Waals surface area contributed by atoms with E-state index in [1.165, 1.54) is 12.1 Å². The Hall–Kier alpha value is -1.13. The smallest absolute Gasteiger partial charge is 0.124 e. The van der Waals surface area contributed by atoms with Crippen LogP contribution in [0.3, 0.4) is 0 Å². The van der Waals surface area contributed by atoms with Crippen LogP contribution in [0, 0.1) is 5.82 Å². The lowest BCUT2D eigenvalue weighted by atomic mass is 10.1. The third kappa shape index (κ3) is 4.71. The van der Waals surface area contributed by atoms with E-state index >= 15 is 0 Å². The lowest BCUT2D eigenvalue weighted by molar-refractivity contribution is 0.100. The normalized spacial score (nSPS) is 12.5. The van der Waals surface area contributed by atoms with Gasteiger partial charge in [-0.3, -0.25) is 0 Å². The Morgan fingerprint density at radius 2 is 2.06 bits per heavy atom. The first-order chi connectivity index (χ1) is 8.15. The molecule has 1 aromatic rings. The predicted octanol–water partition coefficient (Wildman–Crippen LogP) is 2.65. The standard InChI is InChI=1S/C13H20FNO2/c1-3-6-16-7-8-17-13-5-4-11(14)9-12(13)10(2)15/h4-5,9-10H,3,6-8,15H2,1-2H3. The van der Waals surface area contributed by atoms with E-state index < -0.39 is 0 Å². The van der Waals surface area contributed by atoms with Gasteiger partial charge in [0, 0.05) is 18.2 Å². The van der Waals surface area contributed by atoms with Gasteiger partial charge in [0.25, 0.3) is 0 Å². The van der Waals surface area contributed by atoms with E-state index in [1.807, 2.05) is 0 Å². The molecule has 0 spiro atoms. The molecule has 1 rings (SSSR count). The van der Waals surface area contributed by atoms with Gasteiger partial charge in [0.05, 0.1) is 6.61 Å². The van der Waals surface area contributed by atoms with Gasteiger partial charge < -0.3 is 15.2 Å². The molecule has 17 heavy (non-hydrogen) atoms. The van der Waals surface area contributed by atoms with Crippen LogP contribution in [-0.4, -0.2) is 19.8 Å². The molecule has 0 saturated heterocycles. The summed E-state index contributed by atoms with van der Waals surface area (Å²) in [5.74, 6) is 0.327. The first-order valence-electron chi connectivity index (χ1n) is 5.90. The highest BCUT2D eigenvalue weighted by atomic mass is 19.1. The summed E-state index contributed by atoms with van der Waals surface area (Å²) < 4.78 is 23.9. The van der Waals surface area contributed by atoms with Crippen LogP contribution in [-0.2, 0) is 4.74 Å². The first kappa shape index (κ1) is 13.9. The summed E-state index contributed by atoms with van der Waals surface area (Å²) in [6, 6.07) is 4.13. The molecule has 0 aliphatic carbocycles. The van der Waals surface area contributed by atoms with Crippen molar-refractivity contribution in [2.24, 2.45) is 5.73 Å². The van der Waals surface area contributed by atoms with Crippen LogP contribution < -0.4 is 10.5 Å². The molecule has 1 aromatic carbocycles. The maximum Gasteiger partial charge on any atom is 0.124 e. The van der Waals surface area contributed by atoms with Gasteiger partial charge in [-0.15, -0.1) is 0 Å². The second kappa shape index (κ2) is 7.25. The summed E-state index contributed by atoms with van der Waals surface area (Å²) in [5, 5.41) is 0. The van der Waals surface area contributed by atoms with Gasteiger partial charge in [0.1, 0.15) is 18.2 Å². The van der Waals surface area contributed by atoms with E-state index in [9.17, 15) is 4.39 Å². The van der Waals surface area contributed by atoms with Gasteiger partial charge in [-0.1, -0.05) is 6.92 Å². The average Bonchev–Trinajstić information content (AvgIpc) is 2.30. The number of ether oxygens (including phenoxy) is 2. The summed E-state index contributed by atoms with van der Waals surface area (Å²) in [4.78, 5) is 0. The molecule has 3 nitrogen and oxygen atoms in total. The molecule has 0 bridgehead atoms. The number of nitrogens with two attached hydrogens (primary N) is 1. The molecule has 1 atom stereocenters. The molecule has 0 radical (unpaired) electrons. The fraction of sp³-hybridized carbons (Fsp3) is 0.538. The van der Waals surface area contributed by atoms with Gasteiger partial charge in [0.15, 0.2) is 0 Å². The number of hydrogen-bond donors (Lipinski definition) is 1. The SMILES string of the molecule is CCCOCCOc1ccc(F)cc1C(C)N. The van der Waals surface area contributed by atoms with E-state index in [0.29, 0.717) is 24.5 Å². The maximum atomic E-state index is 13.1. The second-order valence-corrected chi connectivity index (χ2v) is 3.93. The minimum atomic E-state index is -0.299. The first-order valence-corrected chi connectivity index (χ1v) is 5.90. The third-order valence-corrected chi connectivity index (χ3v) is 2.30. The molecule has 0 fully saturated rings. The van der Waals surface area contributed by atoms with E-state index in [0.717, 1.165) is 13.0 Å². The number of hydrogen-bond acceptors (Lipinski definition) is 3. The van der Waals surface area contributed by atoms with Crippen molar-refractivity contribution in [2.75, 3.05) is 19.8 Å². The molecule has 0 heterocycles. The van der Waals surface area contributed by atoms with Gasteiger partial charge >= 0.3 is 0 Å². The quantitative estimate of drug-likeness (QED) is 0.746. The van der Waals surface area contributed by atoms with Gasteiger partial charge in [-0.2, -0.15) is 0 Å². The largest absolute Gasteiger partial charge is 0.491 e. The molecular formula is C13H20FNO2. The molecular weight excluding hydrogens is 221 g/mol. The van der Waals surface area contributed by atoms with E-state index in [2.05, 4.69) is 6.92 Å². The van der Waals surface area contributed by atoms with Crippen molar-refractivity contribution in [3.63, 3.8) is 0 Å². The summed E-state index contributed by atoms with van der Waals surface area (Å²) in [6.45, 7) is 5.56. The van der Waals surface area contributed by atoms with Crippen molar-refractivity contribution < 1.29 is 13.9 Å². The van der Waals surface area contributed by atoms with E-state index in [1.54, 1.807) is 13.0 Å². The van der Waals surface area contributed by atoms with Crippen molar-refractivity contribution in [1.29, 1.82) is 0 Å². The molecule has 0 saturated carbocycles. The van der Waals surface area contributed by atoms with Crippen LogP contribution in [0.1, 0.15) is 31.9 Å². The minimum absolute atomic E-state index is 0.253. The van der Waals surface area contributed by atoms with Gasteiger partial charge in [0.2, 0.25) is 0 Å². The van der Waals surface area contributed by atoms with Crippen molar-refractivity contribution in [2.45, 2.75) is 26.3 Å². The van der Waals surface area contributed by atoms with Crippen LogP contribution in [0.25, 0.3) is 0 Å². The maximum absolute atomic E-state index is 13.1. The van der Waals surface area contributed by atoms with Gasteiger partial charge in [-0.05, 0) is 31.5 Å². The van der Waals surface area contributed by atoms with Crippen molar-refractivity contribution in [1.82, 2.24) is 0 Å². The summed E-state index contributed by atoms with van der Waals surface area (Å²) >= 11 is 0. The highest BCUT2D eigenvalue weighted by Crippen LogP contribution is 2.24. The molecule has 96 valence electrons. The Morgan fingerprint density at radius 3 is 2.71 bits per heavy atom. The summed E-state index contributed by atoms with van der Waals surface area (Å²) in [6.07, 6.45) is 0.988. The zero-order valence-corrected chi connectivity index (χ0v) is 10.4. The predicted molar refractivity (Wildman–Crippen MR) is 65.6 cm³/mol. The summed E-state index contributed by atoms with van der Waals surface area (Å²) in [5.41, 5.74) is 6.44. The second-order valence-electron chi connectivity index (χ2n) is 3.93. The Kier molecular flexibility index (Phi) is 5.94. The molecule has 0 amide bonds. The lowest BCUT2D eigenvalue weighted by Gasteiger charge is -2.14. The molecule has 4 heteroatoms. The van der Waals surface area contributed by atoms with Crippen molar-refractivity contribution >= 4 is 0 Å². The number of rotatable bonds is 7. The third-order valence-electron chi connectivity index (χ3n) is 2.30.